The smallest absolute Gasteiger partial charge is 0.337 e. The third-order valence-electron chi connectivity index (χ3n) is 7.04. The van der Waals surface area contributed by atoms with Crippen LogP contribution in [0.4, 0.5) is 0 Å². The summed E-state index contributed by atoms with van der Waals surface area (Å²) >= 11 is 1.38. The van der Waals surface area contributed by atoms with Crippen molar-refractivity contribution in [3.05, 3.63) is 139 Å². The summed E-state index contributed by atoms with van der Waals surface area (Å²) in [6, 6.07) is 23.0. The molecule has 1 aliphatic heterocycles. The van der Waals surface area contributed by atoms with Gasteiger partial charge in [-0.3, -0.25) is 9.36 Å². The third kappa shape index (κ3) is 4.55. The zero-order valence-corrected chi connectivity index (χ0v) is 22.2. The van der Waals surface area contributed by atoms with Gasteiger partial charge < -0.3 is 9.47 Å². The van der Waals surface area contributed by atoms with E-state index >= 15 is 0 Å². The fourth-order valence-electron chi connectivity index (χ4n) is 5.24. The van der Waals surface area contributed by atoms with Gasteiger partial charge in [-0.25, -0.2) is 9.79 Å². The van der Waals surface area contributed by atoms with E-state index in [9.17, 15) is 9.59 Å². The molecule has 1 aliphatic carbocycles. The number of nitrogens with zero attached hydrogens (tertiary/aromatic N) is 2. The minimum Gasteiger partial charge on any atom is -0.490 e. The number of carbonyl (C=O) groups excluding carboxylic acids is 1. The van der Waals surface area contributed by atoms with Crippen LogP contribution >= 0.6 is 11.3 Å². The van der Waals surface area contributed by atoms with Gasteiger partial charge in [0.15, 0.2) is 4.80 Å². The standard InChI is InChI=1S/C32H26N2O4S/c1-3-17-38-24-9-6-7-20(18-24)19-27-30(35)34-29(22-11-13-23(14-12-22)31(36)37-2)26-16-15-21-8-4-5-10-25(21)28(26)33-32(34)39-27/h3-14,18-19,29H,1,15-17H2,2H3. The van der Waals surface area contributed by atoms with Crippen LogP contribution in [0.1, 0.15) is 45.1 Å². The Bertz CT molecular complexity index is 1810. The molecule has 39 heavy (non-hydrogen) atoms. The van der Waals surface area contributed by atoms with Crippen molar-refractivity contribution in [3.8, 4) is 5.75 Å². The molecule has 3 aromatic carbocycles. The zero-order chi connectivity index (χ0) is 26.9. The molecule has 6 rings (SSSR count). The highest BCUT2D eigenvalue weighted by Crippen LogP contribution is 2.41. The number of allylic oxidation sites excluding steroid dienone is 1. The zero-order valence-electron chi connectivity index (χ0n) is 21.4. The van der Waals surface area contributed by atoms with Crippen LogP contribution in [-0.2, 0) is 11.2 Å². The number of fused-ring (bicyclic) bond motifs is 3. The van der Waals surface area contributed by atoms with Crippen molar-refractivity contribution >= 4 is 29.1 Å². The molecule has 0 spiro atoms. The summed E-state index contributed by atoms with van der Waals surface area (Å²) < 4.78 is 12.9. The van der Waals surface area contributed by atoms with Crippen molar-refractivity contribution in [1.29, 1.82) is 0 Å². The number of esters is 1. The van der Waals surface area contributed by atoms with Gasteiger partial charge in [0, 0.05) is 5.56 Å². The van der Waals surface area contributed by atoms with E-state index in [0.29, 0.717) is 27.3 Å². The number of aromatic nitrogens is 1. The maximum absolute atomic E-state index is 13.9. The first-order valence-electron chi connectivity index (χ1n) is 12.7. The van der Waals surface area contributed by atoms with E-state index in [2.05, 4.69) is 24.8 Å². The summed E-state index contributed by atoms with van der Waals surface area (Å²) in [5.41, 5.74) is 6.59. The number of methoxy groups -OCH3 is 1. The second-order valence-corrected chi connectivity index (χ2v) is 10.4. The topological polar surface area (TPSA) is 69.9 Å². The molecule has 0 N–H and O–H groups in total. The first-order chi connectivity index (χ1) is 19.1. The molecule has 7 heteroatoms. The van der Waals surface area contributed by atoms with E-state index in [1.54, 1.807) is 22.8 Å². The van der Waals surface area contributed by atoms with Crippen molar-refractivity contribution in [2.24, 2.45) is 4.99 Å². The summed E-state index contributed by atoms with van der Waals surface area (Å²) in [7, 11) is 1.37. The molecule has 1 unspecified atom stereocenters. The highest BCUT2D eigenvalue weighted by Gasteiger charge is 2.32. The van der Waals surface area contributed by atoms with E-state index in [1.807, 2.05) is 48.5 Å². The lowest BCUT2D eigenvalue weighted by Crippen LogP contribution is -2.38. The van der Waals surface area contributed by atoms with Crippen LogP contribution in [0.15, 0.2) is 101 Å². The number of thiazole rings is 1. The van der Waals surface area contributed by atoms with Gasteiger partial charge in [0.2, 0.25) is 0 Å². The fourth-order valence-corrected chi connectivity index (χ4v) is 6.24. The lowest BCUT2D eigenvalue weighted by atomic mass is 9.83. The van der Waals surface area contributed by atoms with Crippen LogP contribution in [-0.4, -0.2) is 24.3 Å². The molecule has 0 bridgehead atoms. The Hall–Kier alpha value is -4.49. The van der Waals surface area contributed by atoms with Crippen LogP contribution in [0.5, 0.6) is 5.75 Å². The summed E-state index contributed by atoms with van der Waals surface area (Å²) in [5.74, 6) is 0.323. The summed E-state index contributed by atoms with van der Waals surface area (Å²) in [6.07, 6.45) is 5.26. The molecule has 0 fully saturated rings. The van der Waals surface area contributed by atoms with Gasteiger partial charge in [0.05, 0.1) is 28.9 Å². The second kappa shape index (κ2) is 10.3. The van der Waals surface area contributed by atoms with Gasteiger partial charge in [0.1, 0.15) is 12.4 Å². The van der Waals surface area contributed by atoms with Gasteiger partial charge in [-0.1, -0.05) is 72.5 Å². The molecule has 0 radical (unpaired) electrons. The Kier molecular flexibility index (Phi) is 6.59. The molecule has 0 amide bonds. The number of hydrogen-bond donors (Lipinski definition) is 0. The number of hydrogen-bond acceptors (Lipinski definition) is 6. The molecule has 1 atom stereocenters. The third-order valence-corrected chi connectivity index (χ3v) is 8.03. The molecule has 6 nitrogen and oxygen atoms in total. The van der Waals surface area contributed by atoms with Crippen LogP contribution in [0.3, 0.4) is 0 Å². The summed E-state index contributed by atoms with van der Waals surface area (Å²) in [6.45, 7) is 4.11. The Morgan fingerprint density at radius 1 is 1.10 bits per heavy atom. The molecule has 4 aromatic rings. The maximum atomic E-state index is 13.9. The van der Waals surface area contributed by atoms with Gasteiger partial charge in [-0.15, -0.1) is 0 Å². The predicted molar refractivity (Wildman–Crippen MR) is 153 cm³/mol. The average Bonchev–Trinajstić information content (AvgIpc) is 3.28. The molecular formula is C32H26N2O4S. The summed E-state index contributed by atoms with van der Waals surface area (Å²) in [4.78, 5) is 31.7. The van der Waals surface area contributed by atoms with Crippen LogP contribution in [0.2, 0.25) is 0 Å². The minimum atomic E-state index is -0.392. The van der Waals surface area contributed by atoms with Crippen molar-refractivity contribution in [2.75, 3.05) is 13.7 Å². The Morgan fingerprint density at radius 3 is 2.72 bits per heavy atom. The van der Waals surface area contributed by atoms with Crippen molar-refractivity contribution in [3.63, 3.8) is 0 Å². The molecule has 2 heterocycles. The van der Waals surface area contributed by atoms with E-state index in [4.69, 9.17) is 14.5 Å². The molecule has 2 aliphatic rings. The lowest BCUT2D eigenvalue weighted by Gasteiger charge is -2.30. The minimum absolute atomic E-state index is 0.0939. The van der Waals surface area contributed by atoms with E-state index in [1.165, 1.54) is 24.0 Å². The number of ether oxygens (including phenoxy) is 2. The predicted octanol–water partition coefficient (Wildman–Crippen LogP) is 4.67. The first-order valence-corrected chi connectivity index (χ1v) is 13.5. The number of rotatable bonds is 6. The van der Waals surface area contributed by atoms with Crippen LogP contribution in [0.25, 0.3) is 11.8 Å². The number of carbonyl (C=O) groups is 1. The normalized spacial score (nSPS) is 16.0. The molecule has 0 saturated carbocycles. The molecule has 1 aromatic heterocycles. The van der Waals surface area contributed by atoms with Crippen LogP contribution < -0.4 is 19.6 Å². The molecular weight excluding hydrogens is 508 g/mol. The van der Waals surface area contributed by atoms with Crippen molar-refractivity contribution in [1.82, 2.24) is 4.57 Å². The Morgan fingerprint density at radius 2 is 1.92 bits per heavy atom. The fraction of sp³-hybridized carbons (Fsp3) is 0.156. The number of benzene rings is 3. The second-order valence-electron chi connectivity index (χ2n) is 9.40. The van der Waals surface area contributed by atoms with Gasteiger partial charge in [0.25, 0.3) is 5.56 Å². The highest BCUT2D eigenvalue weighted by atomic mass is 32.1. The van der Waals surface area contributed by atoms with Gasteiger partial charge in [-0.2, -0.15) is 0 Å². The largest absolute Gasteiger partial charge is 0.490 e. The first kappa shape index (κ1) is 24.8. The molecule has 0 saturated heterocycles. The SMILES string of the molecule is C=CCOc1cccc(C=c2sc3n(c2=O)C(c2ccc(C(=O)OC)cc2)C2=C(N=3)c3ccccc3CC2)c1. The van der Waals surface area contributed by atoms with Gasteiger partial charge >= 0.3 is 5.97 Å². The van der Waals surface area contributed by atoms with E-state index in [0.717, 1.165) is 40.8 Å². The monoisotopic (exact) mass is 534 g/mol. The van der Waals surface area contributed by atoms with E-state index in [-0.39, 0.29) is 11.6 Å². The Labute approximate surface area is 229 Å². The van der Waals surface area contributed by atoms with Crippen molar-refractivity contribution in [2.45, 2.75) is 18.9 Å². The van der Waals surface area contributed by atoms with Crippen LogP contribution in [0, 0.1) is 0 Å². The average molecular weight is 535 g/mol. The maximum Gasteiger partial charge on any atom is 0.337 e. The lowest BCUT2D eigenvalue weighted by molar-refractivity contribution is 0.0600. The van der Waals surface area contributed by atoms with E-state index < -0.39 is 5.97 Å². The highest BCUT2D eigenvalue weighted by molar-refractivity contribution is 7.07. The summed E-state index contributed by atoms with van der Waals surface area (Å²) in [5, 5.41) is 0. The van der Waals surface area contributed by atoms with Crippen molar-refractivity contribution < 1.29 is 14.3 Å². The Balaban J connectivity index is 1.53. The number of aryl methyl sites for hydroxylation is 1. The van der Waals surface area contributed by atoms with Gasteiger partial charge in [-0.05, 0) is 65.4 Å². The quantitative estimate of drug-likeness (QED) is 0.266. The molecule has 194 valence electrons.